The van der Waals surface area contributed by atoms with E-state index in [1.165, 1.54) is 44.3 Å². The van der Waals surface area contributed by atoms with Gasteiger partial charge in [-0.2, -0.15) is 0 Å². The SMILES string of the molecule is CC1(C)c2cccnc2-c2ccc3c(c21)-c1ccc2ccccc2c1[Si]3(C)C. The Morgan fingerprint density at radius 3 is 2.46 bits per heavy atom. The largest absolute Gasteiger partial charge is 0.256 e. The van der Waals surface area contributed by atoms with Gasteiger partial charge in [0.1, 0.15) is 8.07 Å². The first kappa shape index (κ1) is 16.3. The van der Waals surface area contributed by atoms with Gasteiger partial charge in [-0.25, -0.2) is 0 Å². The van der Waals surface area contributed by atoms with Crippen molar-refractivity contribution in [2.75, 3.05) is 0 Å². The van der Waals surface area contributed by atoms with E-state index in [9.17, 15) is 0 Å². The average molecular weight is 378 g/mol. The molecule has 0 saturated heterocycles. The zero-order valence-electron chi connectivity index (χ0n) is 16.8. The van der Waals surface area contributed by atoms with E-state index in [0.29, 0.717) is 0 Å². The maximum atomic E-state index is 4.78. The summed E-state index contributed by atoms with van der Waals surface area (Å²) in [6, 6.07) is 22.7. The minimum atomic E-state index is -1.77. The number of rotatable bonds is 0. The van der Waals surface area contributed by atoms with E-state index in [1.54, 1.807) is 10.4 Å². The van der Waals surface area contributed by atoms with Crippen molar-refractivity contribution in [3.63, 3.8) is 0 Å². The first-order chi connectivity index (χ1) is 13.4. The first-order valence-electron chi connectivity index (χ1n) is 10.1. The van der Waals surface area contributed by atoms with Crippen molar-refractivity contribution in [3.8, 4) is 22.4 Å². The van der Waals surface area contributed by atoms with E-state index >= 15 is 0 Å². The molecular formula is C26H23NSi. The molecule has 2 heterocycles. The maximum Gasteiger partial charge on any atom is 0.114 e. The summed E-state index contributed by atoms with van der Waals surface area (Å²) in [5.74, 6) is 0. The van der Waals surface area contributed by atoms with Crippen LogP contribution in [-0.2, 0) is 5.41 Å². The number of pyridine rings is 1. The summed E-state index contributed by atoms with van der Waals surface area (Å²) in [5.41, 5.74) is 8.26. The molecule has 0 bridgehead atoms. The predicted octanol–water partition coefficient (Wildman–Crippen LogP) is 5.34. The molecule has 0 fully saturated rings. The van der Waals surface area contributed by atoms with Crippen LogP contribution in [0.25, 0.3) is 33.2 Å². The maximum absolute atomic E-state index is 4.78. The van der Waals surface area contributed by atoms with Crippen LogP contribution >= 0.6 is 0 Å². The Morgan fingerprint density at radius 2 is 1.61 bits per heavy atom. The Hall–Kier alpha value is -2.71. The molecule has 2 aliphatic rings. The zero-order chi connectivity index (χ0) is 19.3. The van der Waals surface area contributed by atoms with Crippen LogP contribution in [0.1, 0.15) is 25.0 Å². The molecule has 0 atom stereocenters. The Balaban J connectivity index is 1.78. The van der Waals surface area contributed by atoms with E-state index in [-0.39, 0.29) is 5.41 Å². The zero-order valence-corrected chi connectivity index (χ0v) is 17.8. The molecule has 0 spiro atoms. The number of nitrogens with zero attached hydrogens (tertiary/aromatic N) is 1. The fourth-order valence-electron chi connectivity index (χ4n) is 5.80. The van der Waals surface area contributed by atoms with Crippen LogP contribution in [0.4, 0.5) is 0 Å². The van der Waals surface area contributed by atoms with E-state index in [1.807, 2.05) is 6.20 Å². The van der Waals surface area contributed by atoms with Crippen LogP contribution in [0, 0.1) is 0 Å². The lowest BCUT2D eigenvalue weighted by molar-refractivity contribution is 0.661. The van der Waals surface area contributed by atoms with E-state index in [0.717, 1.165) is 0 Å². The number of hydrogen-bond donors (Lipinski definition) is 0. The number of aromatic nitrogens is 1. The van der Waals surface area contributed by atoms with Gasteiger partial charge in [0.05, 0.1) is 5.69 Å². The molecular weight excluding hydrogens is 354 g/mol. The van der Waals surface area contributed by atoms with Gasteiger partial charge in [0.2, 0.25) is 0 Å². The van der Waals surface area contributed by atoms with Crippen molar-refractivity contribution in [1.82, 2.24) is 4.98 Å². The molecule has 4 aromatic rings. The average Bonchev–Trinajstić information content (AvgIpc) is 3.08. The first-order valence-corrected chi connectivity index (χ1v) is 13.1. The molecule has 6 rings (SSSR count). The molecule has 0 unspecified atom stereocenters. The molecule has 0 amide bonds. The monoisotopic (exact) mass is 377 g/mol. The Kier molecular flexibility index (Phi) is 2.91. The van der Waals surface area contributed by atoms with Crippen LogP contribution < -0.4 is 10.4 Å². The van der Waals surface area contributed by atoms with Crippen LogP contribution in [-0.4, -0.2) is 13.1 Å². The van der Waals surface area contributed by atoms with Crippen molar-refractivity contribution in [1.29, 1.82) is 0 Å². The third-order valence-electron chi connectivity index (χ3n) is 7.06. The lowest BCUT2D eigenvalue weighted by atomic mass is 9.79. The fourth-order valence-corrected chi connectivity index (χ4v) is 9.23. The van der Waals surface area contributed by atoms with Crippen LogP contribution in [0.3, 0.4) is 0 Å². The number of fused-ring (bicyclic) bond motifs is 9. The summed E-state index contributed by atoms with van der Waals surface area (Å²) >= 11 is 0. The van der Waals surface area contributed by atoms with Crippen LogP contribution in [0.5, 0.6) is 0 Å². The minimum Gasteiger partial charge on any atom is -0.256 e. The standard InChI is InChI=1S/C26H23NSi/c1-26(2)20-10-7-15-27-24(20)19-13-14-21-22(23(19)26)18-12-11-16-8-5-6-9-17(16)25(18)28(21,3)4/h5-15H,1-4H3. The second kappa shape index (κ2) is 5.01. The Labute approximate surface area is 167 Å². The molecule has 0 radical (unpaired) electrons. The quantitative estimate of drug-likeness (QED) is 0.377. The van der Waals surface area contributed by atoms with Gasteiger partial charge in [-0.1, -0.05) is 81.5 Å². The molecule has 1 aliphatic carbocycles. The van der Waals surface area contributed by atoms with Gasteiger partial charge in [0.25, 0.3) is 0 Å². The highest BCUT2D eigenvalue weighted by Crippen LogP contribution is 2.52. The lowest BCUT2D eigenvalue weighted by Gasteiger charge is -2.25. The molecule has 0 N–H and O–H groups in total. The van der Waals surface area contributed by atoms with Gasteiger partial charge >= 0.3 is 0 Å². The molecule has 28 heavy (non-hydrogen) atoms. The third kappa shape index (κ3) is 1.75. The molecule has 3 aromatic carbocycles. The number of hydrogen-bond acceptors (Lipinski definition) is 1. The summed E-state index contributed by atoms with van der Waals surface area (Å²) in [6.07, 6.45) is 1.93. The van der Waals surface area contributed by atoms with E-state index in [4.69, 9.17) is 4.98 Å². The van der Waals surface area contributed by atoms with E-state index < -0.39 is 8.07 Å². The lowest BCUT2D eigenvalue weighted by Crippen LogP contribution is -2.49. The van der Waals surface area contributed by atoms with Gasteiger partial charge < -0.3 is 0 Å². The Morgan fingerprint density at radius 1 is 0.821 bits per heavy atom. The molecule has 2 heteroatoms. The summed E-state index contributed by atoms with van der Waals surface area (Å²) in [4.78, 5) is 4.78. The second-order valence-corrected chi connectivity index (χ2v) is 13.6. The smallest absolute Gasteiger partial charge is 0.114 e. The molecule has 1 aromatic heterocycles. The van der Waals surface area contributed by atoms with Crippen molar-refractivity contribution < 1.29 is 0 Å². The summed E-state index contributed by atoms with van der Waals surface area (Å²) in [5, 5.41) is 5.98. The van der Waals surface area contributed by atoms with Gasteiger partial charge in [-0.05, 0) is 49.5 Å². The van der Waals surface area contributed by atoms with Gasteiger partial charge in [0.15, 0.2) is 0 Å². The van der Waals surface area contributed by atoms with Gasteiger partial charge in [-0.3, -0.25) is 4.98 Å². The van der Waals surface area contributed by atoms with Crippen molar-refractivity contribution in [2.24, 2.45) is 0 Å². The van der Waals surface area contributed by atoms with Crippen LogP contribution in [0.2, 0.25) is 13.1 Å². The highest BCUT2D eigenvalue weighted by atomic mass is 28.3. The fraction of sp³-hybridized carbons (Fsp3) is 0.192. The van der Waals surface area contributed by atoms with Gasteiger partial charge in [0, 0.05) is 17.2 Å². The predicted molar refractivity (Wildman–Crippen MR) is 121 cm³/mol. The Bertz CT molecular complexity index is 1310. The minimum absolute atomic E-state index is 0.0258. The van der Waals surface area contributed by atoms with Crippen molar-refractivity contribution >= 4 is 29.2 Å². The van der Waals surface area contributed by atoms with Crippen molar-refractivity contribution in [3.05, 3.63) is 78.0 Å². The normalized spacial score (nSPS) is 17.1. The van der Waals surface area contributed by atoms with Crippen molar-refractivity contribution in [2.45, 2.75) is 32.4 Å². The topological polar surface area (TPSA) is 12.9 Å². The highest BCUT2D eigenvalue weighted by molar-refractivity contribution is 7.05. The second-order valence-electron chi connectivity index (χ2n) is 9.27. The highest BCUT2D eigenvalue weighted by Gasteiger charge is 2.46. The van der Waals surface area contributed by atoms with E-state index in [2.05, 4.69) is 87.6 Å². The number of benzene rings is 3. The molecule has 0 saturated carbocycles. The molecule has 136 valence electrons. The summed E-state index contributed by atoms with van der Waals surface area (Å²) < 4.78 is 0. The summed E-state index contributed by atoms with van der Waals surface area (Å²) in [7, 11) is -1.77. The van der Waals surface area contributed by atoms with Crippen LogP contribution in [0.15, 0.2) is 66.9 Å². The van der Waals surface area contributed by atoms with Gasteiger partial charge in [-0.15, -0.1) is 0 Å². The molecule has 1 aliphatic heterocycles. The third-order valence-corrected chi connectivity index (χ3v) is 10.6. The summed E-state index contributed by atoms with van der Waals surface area (Å²) in [6.45, 7) is 9.77. The molecule has 1 nitrogen and oxygen atoms in total.